The molecule has 24 heavy (non-hydrogen) atoms. The molecule has 0 radical (unpaired) electrons. The lowest BCUT2D eigenvalue weighted by Gasteiger charge is -2.22. The molecule has 0 saturated carbocycles. The van der Waals surface area contributed by atoms with E-state index < -0.39 is 0 Å². The average molecular weight is 313 g/mol. The monoisotopic (exact) mass is 313 g/mol. The number of ether oxygens (including phenoxy) is 1. The summed E-state index contributed by atoms with van der Waals surface area (Å²) < 4.78 is 8.37. The first-order chi connectivity index (χ1) is 11.6. The molecule has 0 unspecified atom stereocenters. The van der Waals surface area contributed by atoms with Crippen LogP contribution in [0.15, 0.2) is 48.8 Å². The number of rotatable bonds is 0. The van der Waals surface area contributed by atoms with E-state index in [-0.39, 0.29) is 0 Å². The molecule has 3 heteroatoms. The van der Waals surface area contributed by atoms with Gasteiger partial charge < -0.3 is 4.74 Å². The highest BCUT2D eigenvalue weighted by atomic mass is 16.5. The fraction of sp³-hybridized carbons (Fsp3) is 0.143. The van der Waals surface area contributed by atoms with Crippen LogP contribution in [0.5, 0.6) is 11.5 Å². The summed E-state index contributed by atoms with van der Waals surface area (Å²) in [4.78, 5) is 4.55. The number of hydrogen-bond acceptors (Lipinski definition) is 2. The van der Waals surface area contributed by atoms with Crippen LogP contribution in [0.1, 0.15) is 11.1 Å². The van der Waals surface area contributed by atoms with Crippen molar-refractivity contribution in [2.75, 3.05) is 0 Å². The van der Waals surface area contributed by atoms with Crippen molar-refractivity contribution in [2.45, 2.75) is 13.8 Å². The summed E-state index contributed by atoms with van der Waals surface area (Å²) in [6, 6.07) is 14.8. The SMILES string of the molecule is Cc1ccc2cc3c(c(C)c2c1)-c1c2c(cccc2nc[n+]1C)O3. The van der Waals surface area contributed by atoms with Crippen molar-refractivity contribution in [2.24, 2.45) is 7.05 Å². The number of aryl methyl sites for hydroxylation is 3. The molecule has 1 aliphatic rings. The van der Waals surface area contributed by atoms with Crippen LogP contribution < -0.4 is 9.30 Å². The summed E-state index contributed by atoms with van der Waals surface area (Å²) >= 11 is 0. The Morgan fingerprint density at radius 3 is 2.75 bits per heavy atom. The smallest absolute Gasteiger partial charge is 0.287 e. The van der Waals surface area contributed by atoms with E-state index in [2.05, 4.69) is 47.7 Å². The zero-order valence-electron chi connectivity index (χ0n) is 13.9. The number of fused-ring (bicyclic) bond motifs is 3. The van der Waals surface area contributed by atoms with E-state index in [9.17, 15) is 0 Å². The lowest BCUT2D eigenvalue weighted by atomic mass is 9.92. The van der Waals surface area contributed by atoms with Crippen LogP contribution in [0.2, 0.25) is 0 Å². The fourth-order valence-corrected chi connectivity index (χ4v) is 3.78. The Bertz CT molecular complexity index is 1160. The third-order valence-corrected chi connectivity index (χ3v) is 4.94. The first-order valence-electron chi connectivity index (χ1n) is 8.13. The largest absolute Gasteiger partial charge is 0.456 e. The molecule has 0 N–H and O–H groups in total. The lowest BCUT2D eigenvalue weighted by molar-refractivity contribution is -0.662. The maximum Gasteiger partial charge on any atom is 0.287 e. The molecule has 0 bridgehead atoms. The molecule has 2 heterocycles. The topological polar surface area (TPSA) is 26.0 Å². The highest BCUT2D eigenvalue weighted by Gasteiger charge is 2.29. The van der Waals surface area contributed by atoms with Crippen LogP contribution in [0.4, 0.5) is 0 Å². The van der Waals surface area contributed by atoms with Crippen molar-refractivity contribution in [3.8, 4) is 22.8 Å². The van der Waals surface area contributed by atoms with Crippen molar-refractivity contribution in [1.29, 1.82) is 0 Å². The Morgan fingerprint density at radius 2 is 1.88 bits per heavy atom. The van der Waals surface area contributed by atoms with Gasteiger partial charge in [0.2, 0.25) is 0 Å². The van der Waals surface area contributed by atoms with Gasteiger partial charge in [-0.3, -0.25) is 0 Å². The number of aromatic nitrogens is 2. The van der Waals surface area contributed by atoms with E-state index in [4.69, 9.17) is 4.74 Å². The molecular formula is C21H17N2O+. The summed E-state index contributed by atoms with van der Waals surface area (Å²) in [5, 5.41) is 3.58. The van der Waals surface area contributed by atoms with Gasteiger partial charge in [0, 0.05) is 0 Å². The fourth-order valence-electron chi connectivity index (χ4n) is 3.78. The molecule has 116 valence electrons. The predicted molar refractivity (Wildman–Crippen MR) is 95.4 cm³/mol. The van der Waals surface area contributed by atoms with E-state index in [1.165, 1.54) is 33.2 Å². The lowest BCUT2D eigenvalue weighted by Crippen LogP contribution is -2.32. The molecule has 4 aromatic rings. The van der Waals surface area contributed by atoms with Crippen molar-refractivity contribution >= 4 is 21.7 Å². The Morgan fingerprint density at radius 1 is 1.00 bits per heavy atom. The van der Waals surface area contributed by atoms with Gasteiger partial charge in [0.1, 0.15) is 16.9 Å². The average Bonchev–Trinajstić information content (AvgIpc) is 2.58. The number of benzene rings is 3. The van der Waals surface area contributed by atoms with Gasteiger partial charge in [0.05, 0.1) is 12.6 Å². The standard InChI is InChI=1S/C21H17N2O/c1-12-7-8-14-10-18-19(13(2)15(14)9-12)21-20-16(22-11-23(21)3)5-4-6-17(20)24-18/h4-11H,1-3H3/q+1. The van der Waals surface area contributed by atoms with Crippen LogP contribution in [-0.2, 0) is 7.05 Å². The first kappa shape index (κ1) is 13.5. The van der Waals surface area contributed by atoms with Gasteiger partial charge in [-0.2, -0.15) is 0 Å². The molecule has 1 aliphatic heterocycles. The number of hydrogen-bond donors (Lipinski definition) is 0. The molecule has 0 saturated heterocycles. The molecule has 1 aromatic heterocycles. The highest BCUT2D eigenvalue weighted by molar-refractivity contribution is 6.04. The molecule has 5 rings (SSSR count). The minimum Gasteiger partial charge on any atom is -0.456 e. The van der Waals surface area contributed by atoms with Crippen LogP contribution in [0.3, 0.4) is 0 Å². The van der Waals surface area contributed by atoms with E-state index in [1.807, 2.05) is 31.6 Å². The third-order valence-electron chi connectivity index (χ3n) is 4.94. The highest BCUT2D eigenvalue weighted by Crippen LogP contribution is 2.47. The quantitative estimate of drug-likeness (QED) is 0.390. The normalized spacial score (nSPS) is 12.3. The van der Waals surface area contributed by atoms with Gasteiger partial charge in [-0.1, -0.05) is 29.8 Å². The summed E-state index contributed by atoms with van der Waals surface area (Å²) in [5.41, 5.74) is 5.84. The Hall–Kier alpha value is -2.94. The van der Waals surface area contributed by atoms with Crippen LogP contribution >= 0.6 is 0 Å². The van der Waals surface area contributed by atoms with Gasteiger partial charge in [0.25, 0.3) is 6.33 Å². The predicted octanol–water partition coefficient (Wildman–Crippen LogP) is 4.60. The van der Waals surface area contributed by atoms with Gasteiger partial charge in [-0.05, 0) is 53.4 Å². The minimum absolute atomic E-state index is 0.879. The summed E-state index contributed by atoms with van der Waals surface area (Å²) in [6.45, 7) is 4.32. The molecule has 0 aliphatic carbocycles. The van der Waals surface area contributed by atoms with E-state index in [0.29, 0.717) is 0 Å². The third kappa shape index (κ3) is 1.67. The van der Waals surface area contributed by atoms with Gasteiger partial charge in [-0.25, -0.2) is 4.57 Å². The van der Waals surface area contributed by atoms with Crippen LogP contribution in [0.25, 0.3) is 32.9 Å². The molecule has 3 nitrogen and oxygen atoms in total. The van der Waals surface area contributed by atoms with Crippen molar-refractivity contribution < 1.29 is 9.30 Å². The second-order valence-electron chi connectivity index (χ2n) is 6.56. The zero-order chi connectivity index (χ0) is 16.4. The molecule has 0 fully saturated rings. The Kier molecular flexibility index (Phi) is 2.55. The van der Waals surface area contributed by atoms with Gasteiger partial charge in [-0.15, -0.1) is 0 Å². The maximum atomic E-state index is 6.27. The molecule has 0 amide bonds. The maximum absolute atomic E-state index is 6.27. The molecule has 0 atom stereocenters. The van der Waals surface area contributed by atoms with Crippen molar-refractivity contribution in [1.82, 2.24) is 4.98 Å². The van der Waals surface area contributed by atoms with Crippen molar-refractivity contribution in [3.63, 3.8) is 0 Å². The Balaban J connectivity index is 2.00. The second-order valence-corrected chi connectivity index (χ2v) is 6.56. The zero-order valence-corrected chi connectivity index (χ0v) is 13.9. The molecule has 0 spiro atoms. The van der Waals surface area contributed by atoms with E-state index in [0.717, 1.165) is 22.4 Å². The van der Waals surface area contributed by atoms with E-state index in [1.54, 1.807) is 0 Å². The second kappa shape index (κ2) is 4.54. The van der Waals surface area contributed by atoms with Gasteiger partial charge in [0.15, 0.2) is 11.2 Å². The van der Waals surface area contributed by atoms with Crippen molar-refractivity contribution in [3.05, 3.63) is 59.9 Å². The minimum atomic E-state index is 0.879. The summed E-state index contributed by atoms with van der Waals surface area (Å²) in [6.07, 6.45) is 1.89. The molecule has 3 aromatic carbocycles. The van der Waals surface area contributed by atoms with Crippen LogP contribution in [0, 0.1) is 13.8 Å². The molecular weight excluding hydrogens is 296 g/mol. The summed E-state index contributed by atoms with van der Waals surface area (Å²) in [5.74, 6) is 1.80. The first-order valence-corrected chi connectivity index (χ1v) is 8.13. The van der Waals surface area contributed by atoms with Gasteiger partial charge >= 0.3 is 0 Å². The van der Waals surface area contributed by atoms with Crippen LogP contribution in [-0.4, -0.2) is 4.98 Å². The van der Waals surface area contributed by atoms with E-state index >= 15 is 0 Å². The number of nitrogens with zero attached hydrogens (tertiary/aromatic N) is 2. The summed E-state index contributed by atoms with van der Waals surface area (Å²) in [7, 11) is 2.05. The Labute approximate surface area is 140 Å².